The van der Waals surface area contributed by atoms with Crippen LogP contribution in [0.3, 0.4) is 0 Å². The van der Waals surface area contributed by atoms with E-state index in [9.17, 15) is 9.59 Å². The van der Waals surface area contributed by atoms with Crippen molar-refractivity contribution in [2.45, 2.75) is 24.9 Å². The molecular formula is C19H18ClN3O2. The van der Waals surface area contributed by atoms with Crippen molar-refractivity contribution in [3.05, 3.63) is 53.1 Å². The third kappa shape index (κ3) is 2.90. The SMILES string of the molecule is NC1CCN2C(=O)c3cc(-c4ccc(Cl)cc4)ccc3NC(=O)C2C1. The predicted molar refractivity (Wildman–Crippen MR) is 97.6 cm³/mol. The Kier molecular flexibility index (Phi) is 3.98. The molecular weight excluding hydrogens is 338 g/mol. The van der Waals surface area contributed by atoms with Crippen molar-refractivity contribution in [2.75, 3.05) is 11.9 Å². The summed E-state index contributed by atoms with van der Waals surface area (Å²) in [6.07, 6.45) is 1.21. The van der Waals surface area contributed by atoms with E-state index in [0.717, 1.165) is 11.1 Å². The maximum Gasteiger partial charge on any atom is 0.256 e. The molecule has 4 rings (SSSR count). The topological polar surface area (TPSA) is 75.4 Å². The molecule has 0 radical (unpaired) electrons. The number of rotatable bonds is 1. The van der Waals surface area contributed by atoms with E-state index in [1.807, 2.05) is 36.4 Å². The first kappa shape index (κ1) is 16.1. The number of nitrogens with two attached hydrogens (primary N) is 1. The van der Waals surface area contributed by atoms with Crippen LogP contribution in [0.2, 0.25) is 5.02 Å². The maximum atomic E-state index is 13.0. The number of hydrogen-bond donors (Lipinski definition) is 2. The number of nitrogens with one attached hydrogen (secondary N) is 1. The number of halogens is 1. The molecule has 2 atom stereocenters. The molecule has 1 fully saturated rings. The molecule has 5 nitrogen and oxygen atoms in total. The minimum Gasteiger partial charge on any atom is -0.328 e. The van der Waals surface area contributed by atoms with Gasteiger partial charge in [0.05, 0.1) is 11.3 Å². The van der Waals surface area contributed by atoms with Gasteiger partial charge in [0.15, 0.2) is 0 Å². The van der Waals surface area contributed by atoms with E-state index in [1.165, 1.54) is 0 Å². The van der Waals surface area contributed by atoms with E-state index in [0.29, 0.717) is 35.7 Å². The number of carbonyl (C=O) groups excluding carboxylic acids is 2. The van der Waals surface area contributed by atoms with Crippen LogP contribution in [-0.2, 0) is 4.79 Å². The summed E-state index contributed by atoms with van der Waals surface area (Å²) in [6, 6.07) is 12.4. The van der Waals surface area contributed by atoms with Crippen molar-refractivity contribution >= 4 is 29.1 Å². The van der Waals surface area contributed by atoms with Crippen LogP contribution in [0.5, 0.6) is 0 Å². The Morgan fingerprint density at radius 2 is 1.80 bits per heavy atom. The highest BCUT2D eigenvalue weighted by Gasteiger charge is 2.38. The summed E-state index contributed by atoms with van der Waals surface area (Å²) in [7, 11) is 0. The van der Waals surface area contributed by atoms with E-state index in [4.69, 9.17) is 17.3 Å². The molecule has 25 heavy (non-hydrogen) atoms. The lowest BCUT2D eigenvalue weighted by Gasteiger charge is -2.35. The Balaban J connectivity index is 1.75. The molecule has 0 bridgehead atoms. The first-order valence-electron chi connectivity index (χ1n) is 8.30. The number of fused-ring (bicyclic) bond motifs is 2. The molecule has 0 saturated carbocycles. The summed E-state index contributed by atoms with van der Waals surface area (Å²) >= 11 is 5.94. The van der Waals surface area contributed by atoms with Gasteiger partial charge in [-0.3, -0.25) is 9.59 Å². The molecule has 2 aliphatic rings. The molecule has 1 saturated heterocycles. The fourth-order valence-electron chi connectivity index (χ4n) is 3.51. The zero-order chi connectivity index (χ0) is 17.6. The Hall–Kier alpha value is -2.37. The lowest BCUT2D eigenvalue weighted by atomic mass is 9.96. The highest BCUT2D eigenvalue weighted by Crippen LogP contribution is 2.31. The van der Waals surface area contributed by atoms with Gasteiger partial charge >= 0.3 is 0 Å². The molecule has 2 unspecified atom stereocenters. The van der Waals surface area contributed by atoms with Gasteiger partial charge in [-0.2, -0.15) is 0 Å². The van der Waals surface area contributed by atoms with Gasteiger partial charge in [-0.05, 0) is 48.2 Å². The molecule has 2 aromatic rings. The summed E-state index contributed by atoms with van der Waals surface area (Å²) in [6.45, 7) is 0.503. The van der Waals surface area contributed by atoms with Gasteiger partial charge in [0.1, 0.15) is 6.04 Å². The van der Waals surface area contributed by atoms with Gasteiger partial charge in [-0.25, -0.2) is 0 Å². The van der Waals surface area contributed by atoms with Gasteiger partial charge in [-0.1, -0.05) is 29.8 Å². The number of anilines is 1. The predicted octanol–water partition coefficient (Wildman–Crippen LogP) is 2.89. The summed E-state index contributed by atoms with van der Waals surface area (Å²) in [5, 5.41) is 3.54. The summed E-state index contributed by atoms with van der Waals surface area (Å²) in [4.78, 5) is 27.2. The van der Waals surface area contributed by atoms with Crippen molar-refractivity contribution in [3.8, 4) is 11.1 Å². The van der Waals surface area contributed by atoms with Gasteiger partial charge in [-0.15, -0.1) is 0 Å². The number of benzene rings is 2. The summed E-state index contributed by atoms with van der Waals surface area (Å²) in [5.41, 5.74) is 8.93. The Labute approximate surface area is 150 Å². The van der Waals surface area contributed by atoms with Crippen molar-refractivity contribution in [3.63, 3.8) is 0 Å². The van der Waals surface area contributed by atoms with E-state index >= 15 is 0 Å². The fraction of sp³-hybridized carbons (Fsp3) is 0.263. The van der Waals surface area contributed by atoms with Crippen LogP contribution >= 0.6 is 11.6 Å². The highest BCUT2D eigenvalue weighted by atomic mass is 35.5. The number of carbonyl (C=O) groups is 2. The molecule has 2 amide bonds. The molecule has 0 aliphatic carbocycles. The molecule has 6 heteroatoms. The van der Waals surface area contributed by atoms with Crippen LogP contribution in [0.4, 0.5) is 5.69 Å². The second-order valence-electron chi connectivity index (χ2n) is 6.56. The van der Waals surface area contributed by atoms with Gasteiger partial charge in [0.25, 0.3) is 5.91 Å². The number of piperidine rings is 1. The molecule has 2 aromatic carbocycles. The summed E-state index contributed by atoms with van der Waals surface area (Å²) in [5.74, 6) is -0.289. The standard InChI is InChI=1S/C19H18ClN3O2/c20-13-4-1-11(2-5-13)12-3-6-16-15(9-12)19(25)23-8-7-14(21)10-17(23)18(24)22-16/h1-6,9,14,17H,7-8,10,21H2,(H,22,24). The van der Waals surface area contributed by atoms with Crippen molar-refractivity contribution in [1.29, 1.82) is 0 Å². The number of amides is 2. The van der Waals surface area contributed by atoms with E-state index in [1.54, 1.807) is 11.0 Å². The average molecular weight is 356 g/mol. The Morgan fingerprint density at radius 3 is 2.56 bits per heavy atom. The molecule has 3 N–H and O–H groups in total. The first-order valence-corrected chi connectivity index (χ1v) is 8.68. The fourth-order valence-corrected chi connectivity index (χ4v) is 3.63. The van der Waals surface area contributed by atoms with Gasteiger partial charge < -0.3 is 16.0 Å². The van der Waals surface area contributed by atoms with Crippen molar-refractivity contribution in [1.82, 2.24) is 4.90 Å². The second-order valence-corrected chi connectivity index (χ2v) is 6.99. The zero-order valence-electron chi connectivity index (χ0n) is 13.5. The molecule has 0 aromatic heterocycles. The highest BCUT2D eigenvalue weighted by molar-refractivity contribution is 6.30. The smallest absolute Gasteiger partial charge is 0.256 e. The largest absolute Gasteiger partial charge is 0.328 e. The van der Waals surface area contributed by atoms with E-state index in [2.05, 4.69) is 5.32 Å². The minimum absolute atomic E-state index is 0.0503. The summed E-state index contributed by atoms with van der Waals surface area (Å²) < 4.78 is 0. The normalized spacial score (nSPS) is 22.7. The van der Waals surface area contributed by atoms with Crippen LogP contribution in [0, 0.1) is 0 Å². The van der Waals surface area contributed by atoms with E-state index < -0.39 is 6.04 Å². The van der Waals surface area contributed by atoms with Crippen molar-refractivity contribution in [2.24, 2.45) is 5.73 Å². The van der Waals surface area contributed by atoms with Crippen LogP contribution in [-0.4, -0.2) is 35.3 Å². The van der Waals surface area contributed by atoms with Crippen LogP contribution in [0.25, 0.3) is 11.1 Å². The monoisotopic (exact) mass is 355 g/mol. The molecule has 0 spiro atoms. The van der Waals surface area contributed by atoms with Crippen LogP contribution < -0.4 is 11.1 Å². The molecule has 2 heterocycles. The lowest BCUT2D eigenvalue weighted by molar-refractivity contribution is -0.121. The molecule has 2 aliphatic heterocycles. The Bertz CT molecular complexity index is 850. The third-order valence-corrected chi connectivity index (χ3v) is 5.14. The second kappa shape index (κ2) is 6.17. The molecule has 128 valence electrons. The quantitative estimate of drug-likeness (QED) is 0.825. The van der Waals surface area contributed by atoms with Crippen LogP contribution in [0.1, 0.15) is 23.2 Å². The maximum absolute atomic E-state index is 13.0. The first-order chi connectivity index (χ1) is 12.0. The zero-order valence-corrected chi connectivity index (χ0v) is 14.3. The minimum atomic E-state index is -0.498. The lowest BCUT2D eigenvalue weighted by Crippen LogP contribution is -2.53. The Morgan fingerprint density at radius 1 is 1.08 bits per heavy atom. The van der Waals surface area contributed by atoms with Crippen LogP contribution in [0.15, 0.2) is 42.5 Å². The van der Waals surface area contributed by atoms with Gasteiger partial charge in [0, 0.05) is 17.6 Å². The van der Waals surface area contributed by atoms with Crippen molar-refractivity contribution < 1.29 is 9.59 Å². The van der Waals surface area contributed by atoms with E-state index in [-0.39, 0.29) is 17.9 Å². The number of hydrogen-bond acceptors (Lipinski definition) is 3. The average Bonchev–Trinajstić information content (AvgIpc) is 2.71. The number of nitrogens with zero attached hydrogens (tertiary/aromatic N) is 1. The van der Waals surface area contributed by atoms with Gasteiger partial charge in [0.2, 0.25) is 5.91 Å². The third-order valence-electron chi connectivity index (χ3n) is 4.89.